The van der Waals surface area contributed by atoms with E-state index in [-0.39, 0.29) is 23.8 Å². The summed E-state index contributed by atoms with van der Waals surface area (Å²) in [4.78, 5) is 13.0. The van der Waals surface area contributed by atoms with Gasteiger partial charge >= 0.3 is 0 Å². The Morgan fingerprint density at radius 2 is 1.31 bits per heavy atom. The standard InChI is InChI=1S/C27H32O4Si/c1-27(2,3)32(23-12-8-6-9-13-23,24-14-10-7-11-15-24)31-20-22(28)18-21-16-17-25(29-4)26(19-21)30-5/h6-17,19H,18,20H2,1-5H3. The first-order valence-electron chi connectivity index (χ1n) is 10.8. The van der Waals surface area contributed by atoms with E-state index in [2.05, 4.69) is 45.0 Å². The summed E-state index contributed by atoms with van der Waals surface area (Å²) in [6, 6.07) is 26.3. The molecule has 0 bridgehead atoms. The third kappa shape index (κ3) is 4.95. The highest BCUT2D eigenvalue weighted by Crippen LogP contribution is 2.36. The number of rotatable bonds is 9. The smallest absolute Gasteiger partial charge is 0.261 e. The highest BCUT2D eigenvalue weighted by molar-refractivity contribution is 6.99. The predicted molar refractivity (Wildman–Crippen MR) is 132 cm³/mol. The fourth-order valence-electron chi connectivity index (χ4n) is 4.22. The Kier molecular flexibility index (Phi) is 7.54. The molecule has 0 amide bonds. The molecule has 5 heteroatoms. The Morgan fingerprint density at radius 3 is 1.78 bits per heavy atom. The van der Waals surface area contributed by atoms with Crippen LogP contribution in [0.15, 0.2) is 78.9 Å². The van der Waals surface area contributed by atoms with Crippen LogP contribution < -0.4 is 19.8 Å². The SMILES string of the molecule is COc1ccc(CC(=O)CO[Si](c2ccccc2)(c2ccccc2)C(C)(C)C)cc1OC. The lowest BCUT2D eigenvalue weighted by Crippen LogP contribution is -2.67. The first-order chi connectivity index (χ1) is 15.3. The Labute approximate surface area is 192 Å². The molecule has 0 spiro atoms. The molecule has 3 aromatic rings. The highest BCUT2D eigenvalue weighted by Gasteiger charge is 2.50. The molecule has 0 aliphatic carbocycles. The van der Waals surface area contributed by atoms with Crippen LogP contribution in [0.3, 0.4) is 0 Å². The van der Waals surface area contributed by atoms with Crippen molar-refractivity contribution in [1.82, 2.24) is 0 Å². The average Bonchev–Trinajstić information content (AvgIpc) is 2.80. The molecule has 0 unspecified atom stereocenters. The Morgan fingerprint density at radius 1 is 0.781 bits per heavy atom. The molecule has 0 fully saturated rings. The highest BCUT2D eigenvalue weighted by atomic mass is 28.4. The van der Waals surface area contributed by atoms with Crippen LogP contribution >= 0.6 is 0 Å². The second-order valence-electron chi connectivity index (χ2n) is 8.86. The van der Waals surface area contributed by atoms with Crippen molar-refractivity contribution in [3.8, 4) is 11.5 Å². The second kappa shape index (κ2) is 10.2. The number of carbonyl (C=O) groups is 1. The number of carbonyl (C=O) groups excluding carboxylic acids is 1. The van der Waals surface area contributed by atoms with Gasteiger partial charge in [-0.2, -0.15) is 0 Å². The molecule has 0 atom stereocenters. The van der Waals surface area contributed by atoms with E-state index in [0.717, 1.165) is 15.9 Å². The summed E-state index contributed by atoms with van der Waals surface area (Å²) in [5.41, 5.74) is 0.874. The number of hydrogen-bond donors (Lipinski definition) is 0. The third-order valence-corrected chi connectivity index (χ3v) is 10.7. The molecule has 3 aromatic carbocycles. The largest absolute Gasteiger partial charge is 0.493 e. The second-order valence-corrected chi connectivity index (χ2v) is 13.2. The normalized spacial score (nSPS) is 11.8. The number of ether oxygens (including phenoxy) is 2. The maximum absolute atomic E-state index is 13.0. The monoisotopic (exact) mass is 448 g/mol. The average molecular weight is 449 g/mol. The van der Waals surface area contributed by atoms with E-state index < -0.39 is 8.32 Å². The topological polar surface area (TPSA) is 44.8 Å². The first kappa shape index (κ1) is 23.8. The molecule has 0 aliphatic rings. The molecule has 4 nitrogen and oxygen atoms in total. The minimum Gasteiger partial charge on any atom is -0.493 e. The molecular formula is C27H32O4Si. The van der Waals surface area contributed by atoms with E-state index in [1.807, 2.05) is 54.6 Å². The van der Waals surface area contributed by atoms with Gasteiger partial charge < -0.3 is 13.9 Å². The number of hydrogen-bond acceptors (Lipinski definition) is 4. The molecule has 0 heterocycles. The number of ketones is 1. The van der Waals surface area contributed by atoms with Crippen molar-refractivity contribution in [2.75, 3.05) is 20.8 Å². The van der Waals surface area contributed by atoms with Crippen molar-refractivity contribution in [1.29, 1.82) is 0 Å². The van der Waals surface area contributed by atoms with Gasteiger partial charge in [-0.3, -0.25) is 4.79 Å². The fourth-order valence-corrected chi connectivity index (χ4v) is 8.75. The molecule has 0 saturated heterocycles. The Hall–Kier alpha value is -2.89. The summed E-state index contributed by atoms with van der Waals surface area (Å²) in [5, 5.41) is 2.16. The zero-order valence-electron chi connectivity index (χ0n) is 19.6. The summed E-state index contributed by atoms with van der Waals surface area (Å²) >= 11 is 0. The van der Waals surface area contributed by atoms with Gasteiger partial charge in [0.25, 0.3) is 8.32 Å². The minimum atomic E-state index is -2.73. The van der Waals surface area contributed by atoms with E-state index >= 15 is 0 Å². The van der Waals surface area contributed by atoms with Gasteiger partial charge in [0.1, 0.15) is 0 Å². The van der Waals surface area contributed by atoms with Gasteiger partial charge in [0.15, 0.2) is 17.3 Å². The summed E-state index contributed by atoms with van der Waals surface area (Å²) in [5.74, 6) is 1.29. The molecule has 3 rings (SSSR count). The van der Waals surface area contributed by atoms with Crippen molar-refractivity contribution in [2.45, 2.75) is 32.2 Å². The van der Waals surface area contributed by atoms with Gasteiger partial charge in [0, 0.05) is 6.42 Å². The molecule has 0 saturated carbocycles. The summed E-state index contributed by atoms with van der Waals surface area (Å²) < 4.78 is 17.4. The lowest BCUT2D eigenvalue weighted by atomic mass is 10.1. The number of methoxy groups -OCH3 is 2. The van der Waals surface area contributed by atoms with Gasteiger partial charge in [-0.25, -0.2) is 0 Å². The molecule has 0 N–H and O–H groups in total. The lowest BCUT2D eigenvalue weighted by molar-refractivity contribution is -0.120. The number of Topliss-reactive ketones (excluding diaryl/α,β-unsaturated/α-hetero) is 1. The van der Waals surface area contributed by atoms with E-state index in [0.29, 0.717) is 11.5 Å². The minimum absolute atomic E-state index is 0.0326. The quantitative estimate of drug-likeness (QED) is 0.456. The van der Waals surface area contributed by atoms with E-state index in [1.54, 1.807) is 14.2 Å². The predicted octanol–water partition coefficient (Wildman–Crippen LogP) is 4.39. The molecule has 0 aliphatic heterocycles. The Balaban J connectivity index is 1.90. The molecule has 32 heavy (non-hydrogen) atoms. The molecule has 0 radical (unpaired) electrons. The van der Waals surface area contributed by atoms with Gasteiger partial charge in [0.2, 0.25) is 0 Å². The maximum atomic E-state index is 13.0. The van der Waals surface area contributed by atoms with Crippen LogP contribution in [0.2, 0.25) is 5.04 Å². The zero-order chi connectivity index (χ0) is 23.2. The van der Waals surface area contributed by atoms with Crippen molar-refractivity contribution in [3.05, 3.63) is 84.4 Å². The number of benzene rings is 3. The maximum Gasteiger partial charge on any atom is 0.261 e. The third-order valence-electron chi connectivity index (χ3n) is 5.72. The van der Waals surface area contributed by atoms with Crippen molar-refractivity contribution < 1.29 is 18.7 Å². The fraction of sp³-hybridized carbons (Fsp3) is 0.296. The summed E-state index contributed by atoms with van der Waals surface area (Å²) in [6.07, 6.45) is 0.276. The van der Waals surface area contributed by atoms with Crippen LogP contribution in [0, 0.1) is 0 Å². The van der Waals surface area contributed by atoms with Crippen LogP contribution in [0.5, 0.6) is 11.5 Å². The summed E-state index contributed by atoms with van der Waals surface area (Å²) in [7, 11) is 0.463. The lowest BCUT2D eigenvalue weighted by Gasteiger charge is -2.42. The van der Waals surface area contributed by atoms with E-state index in [4.69, 9.17) is 13.9 Å². The van der Waals surface area contributed by atoms with Gasteiger partial charge in [0.05, 0.1) is 20.8 Å². The van der Waals surface area contributed by atoms with Gasteiger partial charge in [-0.15, -0.1) is 0 Å². The van der Waals surface area contributed by atoms with Crippen molar-refractivity contribution in [3.63, 3.8) is 0 Å². The van der Waals surface area contributed by atoms with Crippen LogP contribution in [0.25, 0.3) is 0 Å². The zero-order valence-corrected chi connectivity index (χ0v) is 20.6. The van der Waals surface area contributed by atoms with Crippen molar-refractivity contribution in [2.24, 2.45) is 0 Å². The molecular weight excluding hydrogens is 416 g/mol. The van der Waals surface area contributed by atoms with E-state index in [9.17, 15) is 4.79 Å². The van der Waals surface area contributed by atoms with Crippen LogP contribution in [0.4, 0.5) is 0 Å². The van der Waals surface area contributed by atoms with Crippen LogP contribution in [0.1, 0.15) is 26.3 Å². The van der Waals surface area contributed by atoms with E-state index in [1.165, 1.54) is 0 Å². The summed E-state index contributed by atoms with van der Waals surface area (Å²) in [6.45, 7) is 6.68. The van der Waals surface area contributed by atoms with Crippen LogP contribution in [-0.4, -0.2) is 34.9 Å². The van der Waals surface area contributed by atoms with Crippen LogP contribution in [-0.2, 0) is 15.6 Å². The molecule has 0 aromatic heterocycles. The van der Waals surface area contributed by atoms with Crippen molar-refractivity contribution >= 4 is 24.5 Å². The Bertz CT molecular complexity index is 987. The molecule has 168 valence electrons. The first-order valence-corrected chi connectivity index (χ1v) is 12.7. The van der Waals surface area contributed by atoms with Gasteiger partial charge in [-0.05, 0) is 33.1 Å². The van der Waals surface area contributed by atoms with Gasteiger partial charge in [-0.1, -0.05) is 87.5 Å².